The average molecular weight is 222 g/mol. The van der Waals surface area contributed by atoms with Crippen molar-refractivity contribution < 1.29 is 9.53 Å². The van der Waals surface area contributed by atoms with E-state index in [2.05, 4.69) is 13.8 Å². The molecule has 0 aromatic heterocycles. The number of ether oxygens (including phenoxy) is 1. The third kappa shape index (κ3) is 3.24. The van der Waals surface area contributed by atoms with Crippen LogP contribution < -0.4 is 16.0 Å². The van der Waals surface area contributed by atoms with Crippen molar-refractivity contribution in [1.82, 2.24) is 5.43 Å². The van der Waals surface area contributed by atoms with Gasteiger partial charge in [0.2, 0.25) is 0 Å². The highest BCUT2D eigenvalue weighted by atomic mass is 16.5. The molecule has 0 bridgehead atoms. The lowest BCUT2D eigenvalue weighted by atomic mass is 9.98. The van der Waals surface area contributed by atoms with Gasteiger partial charge in [0, 0.05) is 0 Å². The van der Waals surface area contributed by atoms with Crippen LogP contribution >= 0.6 is 0 Å². The Kier molecular flexibility index (Phi) is 4.79. The smallest absolute Gasteiger partial charge is 0.271 e. The van der Waals surface area contributed by atoms with E-state index in [0.717, 1.165) is 17.7 Å². The molecule has 1 aromatic carbocycles. The van der Waals surface area contributed by atoms with Crippen molar-refractivity contribution in [1.29, 1.82) is 0 Å². The summed E-state index contributed by atoms with van der Waals surface area (Å²) in [5.41, 5.74) is 3.15. The van der Waals surface area contributed by atoms with Crippen LogP contribution in [0.1, 0.15) is 31.7 Å². The zero-order valence-electron chi connectivity index (χ0n) is 9.69. The summed E-state index contributed by atoms with van der Waals surface area (Å²) in [6.07, 6.45) is 1.03. The van der Waals surface area contributed by atoms with E-state index in [1.807, 2.05) is 29.7 Å². The first kappa shape index (κ1) is 12.5. The third-order valence-corrected chi connectivity index (χ3v) is 2.58. The molecule has 0 saturated heterocycles. The van der Waals surface area contributed by atoms with Gasteiger partial charge in [-0.3, -0.25) is 10.2 Å². The molecule has 0 fully saturated rings. The van der Waals surface area contributed by atoms with Crippen LogP contribution in [-0.4, -0.2) is 12.5 Å². The first-order valence-electron chi connectivity index (χ1n) is 5.40. The number of hydrogen-bond donors (Lipinski definition) is 2. The molecule has 0 aliphatic carbocycles. The van der Waals surface area contributed by atoms with Gasteiger partial charge >= 0.3 is 0 Å². The quantitative estimate of drug-likeness (QED) is 0.451. The van der Waals surface area contributed by atoms with Gasteiger partial charge < -0.3 is 4.74 Å². The highest BCUT2D eigenvalue weighted by Gasteiger charge is 2.10. The van der Waals surface area contributed by atoms with E-state index >= 15 is 0 Å². The van der Waals surface area contributed by atoms with Crippen LogP contribution in [0.5, 0.6) is 5.75 Å². The summed E-state index contributed by atoms with van der Waals surface area (Å²) in [5, 5.41) is 0. The van der Waals surface area contributed by atoms with Gasteiger partial charge in [0.25, 0.3) is 5.91 Å². The molecule has 1 aromatic rings. The highest BCUT2D eigenvalue weighted by Crippen LogP contribution is 2.28. The first-order valence-corrected chi connectivity index (χ1v) is 5.40. The van der Waals surface area contributed by atoms with E-state index in [9.17, 15) is 4.79 Å². The Labute approximate surface area is 95.8 Å². The van der Waals surface area contributed by atoms with E-state index in [0.29, 0.717) is 5.92 Å². The van der Waals surface area contributed by atoms with E-state index < -0.39 is 0 Å². The zero-order chi connectivity index (χ0) is 12.0. The number of hydrazine groups is 1. The molecule has 0 radical (unpaired) electrons. The van der Waals surface area contributed by atoms with Crippen LogP contribution in [-0.2, 0) is 4.79 Å². The van der Waals surface area contributed by atoms with Gasteiger partial charge in [-0.15, -0.1) is 0 Å². The zero-order valence-corrected chi connectivity index (χ0v) is 9.69. The lowest BCUT2D eigenvalue weighted by molar-refractivity contribution is -0.123. The minimum absolute atomic E-state index is 0.0516. The molecule has 88 valence electrons. The molecule has 0 heterocycles. The fourth-order valence-electron chi connectivity index (χ4n) is 1.42. The molecule has 0 spiro atoms. The number of amides is 1. The summed E-state index contributed by atoms with van der Waals surface area (Å²) >= 11 is 0. The first-order chi connectivity index (χ1) is 7.69. The van der Waals surface area contributed by atoms with Crippen LogP contribution in [0.3, 0.4) is 0 Å². The number of hydrogen-bond acceptors (Lipinski definition) is 3. The van der Waals surface area contributed by atoms with Gasteiger partial charge in [-0.25, -0.2) is 5.84 Å². The van der Waals surface area contributed by atoms with Crippen LogP contribution in [0.25, 0.3) is 0 Å². The van der Waals surface area contributed by atoms with Crippen molar-refractivity contribution in [2.24, 2.45) is 5.84 Å². The maximum absolute atomic E-state index is 11.0. The SMILES string of the molecule is CC[C@@H](C)c1ccccc1OCC(=O)NN. The summed E-state index contributed by atoms with van der Waals surface area (Å²) in [5.74, 6) is 5.81. The topological polar surface area (TPSA) is 64.3 Å². The minimum Gasteiger partial charge on any atom is -0.483 e. The van der Waals surface area contributed by atoms with E-state index in [1.165, 1.54) is 0 Å². The van der Waals surface area contributed by atoms with Crippen molar-refractivity contribution in [3.05, 3.63) is 29.8 Å². The summed E-state index contributed by atoms with van der Waals surface area (Å²) in [6, 6.07) is 7.74. The number of benzene rings is 1. The molecule has 3 N–H and O–H groups in total. The molecule has 16 heavy (non-hydrogen) atoms. The predicted molar refractivity (Wildman–Crippen MR) is 63.0 cm³/mol. The second-order valence-corrected chi connectivity index (χ2v) is 3.70. The number of nitrogens with two attached hydrogens (primary N) is 1. The highest BCUT2D eigenvalue weighted by molar-refractivity contribution is 5.76. The average Bonchev–Trinajstić information content (AvgIpc) is 2.35. The molecule has 0 aliphatic heterocycles. The molecule has 1 rings (SSSR count). The second kappa shape index (κ2) is 6.12. The monoisotopic (exact) mass is 222 g/mol. The Balaban J connectivity index is 2.75. The summed E-state index contributed by atoms with van der Waals surface area (Å²) in [4.78, 5) is 11.0. The number of carbonyl (C=O) groups excluding carboxylic acids is 1. The molecule has 0 unspecified atom stereocenters. The Morgan fingerprint density at radius 1 is 1.50 bits per heavy atom. The van der Waals surface area contributed by atoms with E-state index in [4.69, 9.17) is 10.6 Å². The molecule has 1 amide bonds. The Morgan fingerprint density at radius 2 is 2.19 bits per heavy atom. The van der Waals surface area contributed by atoms with Crippen molar-refractivity contribution in [3.63, 3.8) is 0 Å². The summed E-state index contributed by atoms with van der Waals surface area (Å²) in [7, 11) is 0. The van der Waals surface area contributed by atoms with Crippen molar-refractivity contribution >= 4 is 5.91 Å². The number of carbonyl (C=O) groups is 1. The maximum atomic E-state index is 11.0. The fraction of sp³-hybridized carbons (Fsp3) is 0.417. The van der Waals surface area contributed by atoms with Gasteiger partial charge in [-0.1, -0.05) is 32.0 Å². The standard InChI is InChI=1S/C12H18N2O2/c1-3-9(2)10-6-4-5-7-11(10)16-8-12(15)14-13/h4-7,9H,3,8,13H2,1-2H3,(H,14,15)/t9-/m1/s1. The number of rotatable bonds is 5. The van der Waals surface area contributed by atoms with Crippen molar-refractivity contribution in [3.8, 4) is 5.75 Å². The Hall–Kier alpha value is -1.55. The molecule has 4 heteroatoms. The van der Waals surface area contributed by atoms with Gasteiger partial charge in [0.05, 0.1) is 0 Å². The van der Waals surface area contributed by atoms with Crippen LogP contribution in [0.4, 0.5) is 0 Å². The number of para-hydroxylation sites is 1. The third-order valence-electron chi connectivity index (χ3n) is 2.58. The van der Waals surface area contributed by atoms with Gasteiger partial charge in [0.1, 0.15) is 5.75 Å². The largest absolute Gasteiger partial charge is 0.483 e. The molecular formula is C12H18N2O2. The lowest BCUT2D eigenvalue weighted by Crippen LogP contribution is -2.34. The fourth-order valence-corrected chi connectivity index (χ4v) is 1.42. The van der Waals surface area contributed by atoms with E-state index in [-0.39, 0.29) is 12.5 Å². The Morgan fingerprint density at radius 3 is 2.81 bits per heavy atom. The van der Waals surface area contributed by atoms with Gasteiger partial charge in [-0.2, -0.15) is 0 Å². The van der Waals surface area contributed by atoms with Crippen LogP contribution in [0, 0.1) is 0 Å². The van der Waals surface area contributed by atoms with Gasteiger partial charge in [0.15, 0.2) is 6.61 Å². The van der Waals surface area contributed by atoms with Crippen LogP contribution in [0.2, 0.25) is 0 Å². The Bertz CT molecular complexity index is 353. The van der Waals surface area contributed by atoms with Crippen molar-refractivity contribution in [2.45, 2.75) is 26.2 Å². The maximum Gasteiger partial charge on any atom is 0.271 e. The summed E-state index contributed by atoms with van der Waals surface area (Å²) < 4.78 is 5.42. The van der Waals surface area contributed by atoms with E-state index in [1.54, 1.807) is 0 Å². The van der Waals surface area contributed by atoms with Crippen LogP contribution in [0.15, 0.2) is 24.3 Å². The normalized spacial score (nSPS) is 11.9. The molecule has 4 nitrogen and oxygen atoms in total. The molecule has 0 aliphatic rings. The molecule has 1 atom stereocenters. The second-order valence-electron chi connectivity index (χ2n) is 3.70. The lowest BCUT2D eigenvalue weighted by Gasteiger charge is -2.14. The van der Waals surface area contributed by atoms with Crippen molar-refractivity contribution in [2.75, 3.05) is 6.61 Å². The minimum atomic E-state index is -0.334. The van der Waals surface area contributed by atoms with Gasteiger partial charge in [-0.05, 0) is 24.0 Å². The molecular weight excluding hydrogens is 204 g/mol. The molecule has 0 saturated carbocycles. The summed E-state index contributed by atoms with van der Waals surface area (Å²) in [6.45, 7) is 4.20. The predicted octanol–water partition coefficient (Wildman–Crippen LogP) is 1.57. The number of nitrogens with one attached hydrogen (secondary N) is 1.